The van der Waals surface area contributed by atoms with Gasteiger partial charge in [-0.1, -0.05) is 13.8 Å². The molecule has 8 heteroatoms. The topological polar surface area (TPSA) is 74.4 Å². The second-order valence-corrected chi connectivity index (χ2v) is 8.31. The average molecular weight is 419 g/mol. The zero-order chi connectivity index (χ0) is 21.5. The van der Waals surface area contributed by atoms with Crippen LogP contribution in [0, 0.1) is 5.92 Å². The Labute approximate surface area is 179 Å². The molecule has 166 valence electrons. The van der Waals surface area contributed by atoms with Gasteiger partial charge in [-0.15, -0.1) is 0 Å². The molecule has 0 bridgehead atoms. The summed E-state index contributed by atoms with van der Waals surface area (Å²) in [4.78, 5) is 30.9. The van der Waals surface area contributed by atoms with Crippen molar-refractivity contribution in [3.8, 4) is 0 Å². The number of ether oxygens (including phenoxy) is 2. The summed E-state index contributed by atoms with van der Waals surface area (Å²) in [5, 5.41) is 3.01. The van der Waals surface area contributed by atoms with E-state index in [-0.39, 0.29) is 18.0 Å². The lowest BCUT2D eigenvalue weighted by atomic mass is 10.2. The van der Waals surface area contributed by atoms with E-state index in [1.165, 1.54) is 0 Å². The molecule has 2 aliphatic heterocycles. The number of benzene rings is 1. The zero-order valence-electron chi connectivity index (χ0n) is 18.3. The summed E-state index contributed by atoms with van der Waals surface area (Å²) in [6.45, 7) is 12.1. The highest BCUT2D eigenvalue weighted by atomic mass is 16.6. The van der Waals surface area contributed by atoms with E-state index in [4.69, 9.17) is 9.47 Å². The Balaban J connectivity index is 1.45. The van der Waals surface area contributed by atoms with Gasteiger partial charge in [0.25, 0.3) is 0 Å². The molecule has 3 rings (SSSR count). The first-order valence-electron chi connectivity index (χ1n) is 10.8. The minimum absolute atomic E-state index is 0.0371. The van der Waals surface area contributed by atoms with E-state index in [2.05, 4.69) is 15.1 Å². The van der Waals surface area contributed by atoms with Gasteiger partial charge in [-0.3, -0.25) is 9.69 Å². The molecular weight excluding hydrogens is 384 g/mol. The van der Waals surface area contributed by atoms with Crippen LogP contribution in [0.4, 0.5) is 16.2 Å². The van der Waals surface area contributed by atoms with Gasteiger partial charge in [0.05, 0.1) is 25.9 Å². The van der Waals surface area contributed by atoms with Crippen LogP contribution in [-0.4, -0.2) is 86.9 Å². The third-order valence-electron chi connectivity index (χ3n) is 5.55. The van der Waals surface area contributed by atoms with Crippen molar-refractivity contribution in [2.45, 2.75) is 26.8 Å². The van der Waals surface area contributed by atoms with Gasteiger partial charge in [0.2, 0.25) is 5.91 Å². The first kappa shape index (κ1) is 22.4. The second-order valence-electron chi connectivity index (χ2n) is 8.31. The van der Waals surface area contributed by atoms with E-state index >= 15 is 0 Å². The van der Waals surface area contributed by atoms with Crippen LogP contribution < -0.4 is 10.2 Å². The maximum absolute atomic E-state index is 12.7. The molecule has 0 radical (unpaired) electrons. The highest BCUT2D eigenvalue weighted by molar-refractivity contribution is 5.94. The molecule has 1 unspecified atom stereocenters. The van der Waals surface area contributed by atoms with Gasteiger partial charge in [-0.2, -0.15) is 0 Å². The molecule has 1 N–H and O–H groups in total. The van der Waals surface area contributed by atoms with Crippen molar-refractivity contribution in [3.05, 3.63) is 24.3 Å². The minimum atomic E-state index is -0.266. The van der Waals surface area contributed by atoms with Gasteiger partial charge in [0, 0.05) is 50.6 Å². The molecule has 0 spiro atoms. The Morgan fingerprint density at radius 1 is 1.00 bits per heavy atom. The van der Waals surface area contributed by atoms with E-state index in [0.717, 1.165) is 37.7 Å². The van der Waals surface area contributed by atoms with Crippen molar-refractivity contribution in [2.75, 3.05) is 69.3 Å². The number of piperazine rings is 1. The van der Waals surface area contributed by atoms with Gasteiger partial charge >= 0.3 is 6.09 Å². The second kappa shape index (κ2) is 10.6. The van der Waals surface area contributed by atoms with Crippen LogP contribution in [-0.2, 0) is 14.3 Å². The number of nitrogens with one attached hydrogen (secondary N) is 1. The average Bonchev–Trinajstić information content (AvgIpc) is 2.78. The molecule has 30 heavy (non-hydrogen) atoms. The van der Waals surface area contributed by atoms with Crippen LogP contribution in [0.1, 0.15) is 20.8 Å². The lowest BCUT2D eigenvalue weighted by Crippen LogP contribution is -2.54. The Morgan fingerprint density at radius 2 is 1.63 bits per heavy atom. The van der Waals surface area contributed by atoms with Crippen molar-refractivity contribution >= 4 is 23.4 Å². The summed E-state index contributed by atoms with van der Waals surface area (Å²) in [6.07, 6.45) is -0.263. The lowest BCUT2D eigenvalue weighted by Gasteiger charge is -2.36. The van der Waals surface area contributed by atoms with E-state index in [0.29, 0.717) is 38.7 Å². The van der Waals surface area contributed by atoms with Crippen LogP contribution in [0.25, 0.3) is 0 Å². The quantitative estimate of drug-likeness (QED) is 0.764. The Bertz CT molecular complexity index is 696. The zero-order valence-corrected chi connectivity index (χ0v) is 18.3. The Hall–Kier alpha value is -2.32. The smallest absolute Gasteiger partial charge is 0.409 e. The van der Waals surface area contributed by atoms with Crippen molar-refractivity contribution in [3.63, 3.8) is 0 Å². The van der Waals surface area contributed by atoms with Gasteiger partial charge in [0.15, 0.2) is 0 Å². The number of morpholine rings is 1. The molecule has 1 atom stereocenters. The summed E-state index contributed by atoms with van der Waals surface area (Å²) in [5.41, 5.74) is 1.93. The summed E-state index contributed by atoms with van der Waals surface area (Å²) in [6, 6.07) is 7.69. The van der Waals surface area contributed by atoms with Crippen molar-refractivity contribution in [2.24, 2.45) is 5.92 Å². The third kappa shape index (κ3) is 6.09. The standard InChI is InChI=1S/C22H34N4O4/c1-17(2)16-30-22(28)26-10-8-24(9-11-26)18(3)21(27)23-19-4-6-20(7-5-19)25-12-14-29-15-13-25/h4-7,17-18H,8-16H2,1-3H3,(H,23,27). The monoisotopic (exact) mass is 418 g/mol. The van der Waals surface area contributed by atoms with Gasteiger partial charge < -0.3 is 24.6 Å². The normalized spacial score (nSPS) is 18.9. The maximum Gasteiger partial charge on any atom is 0.409 e. The highest BCUT2D eigenvalue weighted by Crippen LogP contribution is 2.19. The Morgan fingerprint density at radius 3 is 2.23 bits per heavy atom. The predicted octanol–water partition coefficient (Wildman–Crippen LogP) is 2.26. The van der Waals surface area contributed by atoms with Crippen LogP contribution in [0.5, 0.6) is 0 Å². The molecule has 2 heterocycles. The fourth-order valence-electron chi connectivity index (χ4n) is 3.61. The first-order valence-corrected chi connectivity index (χ1v) is 10.8. The fraction of sp³-hybridized carbons (Fsp3) is 0.636. The van der Waals surface area contributed by atoms with Gasteiger partial charge in [-0.25, -0.2) is 4.79 Å². The summed E-state index contributed by atoms with van der Waals surface area (Å²) >= 11 is 0. The summed E-state index contributed by atoms with van der Waals surface area (Å²) < 4.78 is 10.7. The van der Waals surface area contributed by atoms with Gasteiger partial charge in [0.1, 0.15) is 0 Å². The molecule has 0 aromatic heterocycles. The van der Waals surface area contributed by atoms with E-state index in [9.17, 15) is 9.59 Å². The summed E-state index contributed by atoms with van der Waals surface area (Å²) in [5.74, 6) is 0.284. The van der Waals surface area contributed by atoms with E-state index in [1.807, 2.05) is 45.0 Å². The molecule has 1 aromatic carbocycles. The number of rotatable bonds is 6. The number of carbonyl (C=O) groups excluding carboxylic acids is 2. The molecular formula is C22H34N4O4. The predicted molar refractivity (Wildman–Crippen MR) is 117 cm³/mol. The molecule has 2 amide bonds. The Kier molecular flexibility index (Phi) is 7.93. The number of amides is 2. The molecule has 0 saturated carbocycles. The molecule has 8 nitrogen and oxygen atoms in total. The van der Waals surface area contributed by atoms with Gasteiger partial charge in [-0.05, 0) is 37.1 Å². The van der Waals surface area contributed by atoms with E-state index < -0.39 is 0 Å². The van der Waals surface area contributed by atoms with Crippen LogP contribution >= 0.6 is 0 Å². The van der Waals surface area contributed by atoms with Crippen LogP contribution in [0.2, 0.25) is 0 Å². The molecule has 2 fully saturated rings. The number of hydrogen-bond acceptors (Lipinski definition) is 6. The number of carbonyl (C=O) groups is 2. The molecule has 2 saturated heterocycles. The molecule has 1 aromatic rings. The largest absolute Gasteiger partial charge is 0.449 e. The number of anilines is 2. The SMILES string of the molecule is CC(C)COC(=O)N1CCN(C(C)C(=O)Nc2ccc(N3CCOCC3)cc2)CC1. The molecule has 2 aliphatic rings. The maximum atomic E-state index is 12.7. The number of hydrogen-bond donors (Lipinski definition) is 1. The van der Waals surface area contributed by atoms with Crippen molar-refractivity contribution in [1.29, 1.82) is 0 Å². The summed E-state index contributed by atoms with van der Waals surface area (Å²) in [7, 11) is 0. The van der Waals surface area contributed by atoms with Crippen molar-refractivity contribution < 1.29 is 19.1 Å². The minimum Gasteiger partial charge on any atom is -0.449 e. The number of nitrogens with zero attached hydrogens (tertiary/aromatic N) is 3. The third-order valence-corrected chi connectivity index (χ3v) is 5.55. The fourth-order valence-corrected chi connectivity index (χ4v) is 3.61. The van der Waals surface area contributed by atoms with E-state index in [1.54, 1.807) is 4.90 Å². The van der Waals surface area contributed by atoms with Crippen LogP contribution in [0.3, 0.4) is 0 Å². The molecule has 0 aliphatic carbocycles. The highest BCUT2D eigenvalue weighted by Gasteiger charge is 2.28. The van der Waals surface area contributed by atoms with Crippen molar-refractivity contribution in [1.82, 2.24) is 9.80 Å². The lowest BCUT2D eigenvalue weighted by molar-refractivity contribution is -0.121. The first-order chi connectivity index (χ1) is 14.4. The van der Waals surface area contributed by atoms with Crippen LogP contribution in [0.15, 0.2) is 24.3 Å².